The van der Waals surface area contributed by atoms with Gasteiger partial charge in [-0.05, 0) is 81.5 Å². The van der Waals surface area contributed by atoms with Gasteiger partial charge in [0.1, 0.15) is 0 Å². The lowest BCUT2D eigenvalue weighted by molar-refractivity contribution is -0.160. The van der Waals surface area contributed by atoms with Gasteiger partial charge in [0.15, 0.2) is 6.10 Å². The highest BCUT2D eigenvalue weighted by Crippen LogP contribution is 2.45. The fraction of sp³-hybridized carbons (Fsp3) is 0.528. The lowest BCUT2D eigenvalue weighted by Crippen LogP contribution is -2.39. The van der Waals surface area contributed by atoms with Crippen molar-refractivity contribution in [2.75, 3.05) is 31.6 Å². The Bertz CT molecular complexity index is 1500. The summed E-state index contributed by atoms with van der Waals surface area (Å²) in [5, 5.41) is 10.5. The van der Waals surface area contributed by atoms with E-state index in [0.717, 1.165) is 74.5 Å². The number of methoxy groups -OCH3 is 1. The minimum absolute atomic E-state index is 0.252. The second kappa shape index (κ2) is 12.5. The second-order valence-corrected chi connectivity index (χ2v) is 14.2. The van der Waals surface area contributed by atoms with Gasteiger partial charge >= 0.3 is 5.97 Å². The summed E-state index contributed by atoms with van der Waals surface area (Å²) in [6.07, 6.45) is 3.78. The van der Waals surface area contributed by atoms with Crippen LogP contribution in [-0.4, -0.2) is 58.3 Å². The van der Waals surface area contributed by atoms with Crippen LogP contribution in [0.3, 0.4) is 0 Å². The van der Waals surface area contributed by atoms with E-state index in [-0.39, 0.29) is 5.41 Å². The first kappa shape index (κ1) is 31.9. The van der Waals surface area contributed by atoms with Crippen LogP contribution >= 0.6 is 0 Å². The molecule has 8 nitrogen and oxygen atoms in total. The zero-order valence-electron chi connectivity index (χ0n) is 27.7. The van der Waals surface area contributed by atoms with Crippen LogP contribution < -0.4 is 9.64 Å². The van der Waals surface area contributed by atoms with Gasteiger partial charge in [-0.2, -0.15) is 0 Å². The summed E-state index contributed by atoms with van der Waals surface area (Å²) in [4.78, 5) is 27.0. The molecule has 4 heterocycles. The number of aromatic nitrogens is 2. The van der Waals surface area contributed by atoms with Gasteiger partial charge in [-0.15, -0.1) is 0 Å². The van der Waals surface area contributed by atoms with Crippen molar-refractivity contribution in [3.8, 4) is 17.0 Å². The molecular formula is C36H48N4O4. The van der Waals surface area contributed by atoms with E-state index in [0.29, 0.717) is 17.1 Å². The molecule has 0 aliphatic carbocycles. The largest absolute Gasteiger partial charge is 0.481 e. The van der Waals surface area contributed by atoms with Crippen molar-refractivity contribution < 1.29 is 19.4 Å². The SMILES string of the molecule is COc1ccc(CN2CCc3cc(-c4c(C)nc(C)c(C(OC(C)(C)C)C(=O)O)c4N4CCC(C)(C)CC4)ccc3C2)cn1. The number of carbonyl (C=O) groups is 1. The molecule has 0 saturated carbocycles. The molecule has 0 amide bonds. The Hall–Kier alpha value is -3.49. The smallest absolute Gasteiger partial charge is 0.337 e. The maximum atomic E-state index is 12.8. The van der Waals surface area contributed by atoms with E-state index in [1.165, 1.54) is 16.7 Å². The molecule has 1 fully saturated rings. The molecule has 1 N–H and O–H groups in total. The minimum Gasteiger partial charge on any atom is -0.481 e. The highest BCUT2D eigenvalue weighted by molar-refractivity contribution is 5.88. The number of rotatable bonds is 8. The Kier molecular flexibility index (Phi) is 9.06. The molecule has 0 radical (unpaired) electrons. The molecule has 2 aliphatic rings. The van der Waals surface area contributed by atoms with Crippen LogP contribution in [0.2, 0.25) is 0 Å². The molecule has 1 unspecified atom stereocenters. The van der Waals surface area contributed by atoms with Gasteiger partial charge in [-0.1, -0.05) is 38.1 Å². The second-order valence-electron chi connectivity index (χ2n) is 14.2. The van der Waals surface area contributed by atoms with Crippen molar-refractivity contribution in [2.24, 2.45) is 5.41 Å². The number of nitrogens with zero attached hydrogens (tertiary/aromatic N) is 4. The number of ether oxygens (including phenoxy) is 2. The monoisotopic (exact) mass is 600 g/mol. The lowest BCUT2D eigenvalue weighted by atomic mass is 9.81. The molecule has 1 atom stereocenters. The van der Waals surface area contributed by atoms with Crippen LogP contribution in [0.5, 0.6) is 5.88 Å². The number of pyridine rings is 2. The highest BCUT2D eigenvalue weighted by atomic mass is 16.5. The van der Waals surface area contributed by atoms with Crippen molar-refractivity contribution in [3.63, 3.8) is 0 Å². The summed E-state index contributed by atoms with van der Waals surface area (Å²) >= 11 is 0. The standard InChI is InChI=1S/C36H48N4O4/c1-23-30(27-10-11-28-22-39(16-13-26(28)19-27)21-25-9-12-29(43-8)37-20-25)32(40-17-14-36(6,7)15-18-40)31(24(2)38-23)33(34(41)42)44-35(3,4)5/h9-12,19-20,33H,13-18,21-22H2,1-8H3,(H,41,42). The van der Waals surface area contributed by atoms with E-state index in [2.05, 4.69) is 52.9 Å². The normalized spacial score (nSPS) is 17.7. The summed E-state index contributed by atoms with van der Waals surface area (Å²) in [6, 6.07) is 10.7. The van der Waals surface area contributed by atoms with E-state index in [1.807, 2.05) is 46.9 Å². The molecule has 1 saturated heterocycles. The van der Waals surface area contributed by atoms with Crippen LogP contribution in [0.4, 0.5) is 5.69 Å². The van der Waals surface area contributed by atoms with Gasteiger partial charge in [0, 0.05) is 67.5 Å². The number of anilines is 1. The van der Waals surface area contributed by atoms with Gasteiger partial charge in [-0.25, -0.2) is 9.78 Å². The molecule has 1 aromatic carbocycles. The highest BCUT2D eigenvalue weighted by Gasteiger charge is 2.36. The summed E-state index contributed by atoms with van der Waals surface area (Å²) in [5.41, 5.74) is 8.80. The van der Waals surface area contributed by atoms with E-state index < -0.39 is 17.7 Å². The van der Waals surface area contributed by atoms with Gasteiger partial charge in [-0.3, -0.25) is 9.88 Å². The van der Waals surface area contributed by atoms with E-state index in [1.54, 1.807) is 7.11 Å². The van der Waals surface area contributed by atoms with Crippen molar-refractivity contribution in [3.05, 3.63) is 70.2 Å². The van der Waals surface area contributed by atoms with E-state index in [4.69, 9.17) is 14.5 Å². The summed E-state index contributed by atoms with van der Waals surface area (Å²) < 4.78 is 11.5. The summed E-state index contributed by atoms with van der Waals surface area (Å²) in [5.74, 6) is -0.364. The van der Waals surface area contributed by atoms with Gasteiger partial charge in [0.2, 0.25) is 5.88 Å². The minimum atomic E-state index is -1.12. The van der Waals surface area contributed by atoms with E-state index >= 15 is 0 Å². The third-order valence-corrected chi connectivity index (χ3v) is 8.97. The number of hydrogen-bond donors (Lipinski definition) is 1. The number of piperidine rings is 1. The van der Waals surface area contributed by atoms with Crippen LogP contribution in [-0.2, 0) is 29.0 Å². The third kappa shape index (κ3) is 7.08. The number of hydrogen-bond acceptors (Lipinski definition) is 7. The third-order valence-electron chi connectivity index (χ3n) is 8.97. The van der Waals surface area contributed by atoms with Gasteiger partial charge < -0.3 is 19.5 Å². The van der Waals surface area contributed by atoms with E-state index in [9.17, 15) is 9.90 Å². The maximum absolute atomic E-state index is 12.8. The number of benzene rings is 1. The molecule has 5 rings (SSSR count). The van der Waals surface area contributed by atoms with Crippen LogP contribution in [0, 0.1) is 19.3 Å². The van der Waals surface area contributed by atoms with Crippen molar-refractivity contribution in [1.82, 2.24) is 14.9 Å². The molecule has 0 bridgehead atoms. The van der Waals surface area contributed by atoms with Crippen molar-refractivity contribution in [1.29, 1.82) is 0 Å². The molecule has 0 spiro atoms. The number of aryl methyl sites for hydroxylation is 2. The first-order valence-electron chi connectivity index (χ1n) is 15.7. The van der Waals surface area contributed by atoms with Crippen LogP contribution in [0.25, 0.3) is 11.1 Å². The Morgan fingerprint density at radius 2 is 1.77 bits per heavy atom. The average molecular weight is 601 g/mol. The fourth-order valence-corrected chi connectivity index (χ4v) is 6.54. The van der Waals surface area contributed by atoms with Crippen molar-refractivity contribution in [2.45, 2.75) is 92.5 Å². The Morgan fingerprint density at radius 1 is 1.05 bits per heavy atom. The number of aliphatic carboxylic acids is 1. The van der Waals surface area contributed by atoms with Crippen molar-refractivity contribution >= 4 is 11.7 Å². The Labute approximate surface area is 262 Å². The molecule has 3 aromatic rings. The number of carboxylic acid groups (broad SMARTS) is 1. The number of carboxylic acids is 1. The zero-order chi connectivity index (χ0) is 31.8. The molecule has 2 aromatic heterocycles. The molecule has 8 heteroatoms. The van der Waals surface area contributed by atoms with Gasteiger partial charge in [0.25, 0.3) is 0 Å². The fourth-order valence-electron chi connectivity index (χ4n) is 6.54. The first-order valence-corrected chi connectivity index (χ1v) is 15.7. The Morgan fingerprint density at radius 3 is 2.39 bits per heavy atom. The predicted molar refractivity (Wildman–Crippen MR) is 174 cm³/mol. The molecular weight excluding hydrogens is 552 g/mol. The average Bonchev–Trinajstić information content (AvgIpc) is 2.95. The van der Waals surface area contributed by atoms with Gasteiger partial charge in [0.05, 0.1) is 18.4 Å². The molecule has 236 valence electrons. The predicted octanol–water partition coefficient (Wildman–Crippen LogP) is 6.89. The van der Waals surface area contributed by atoms with Crippen LogP contribution in [0.15, 0.2) is 36.5 Å². The number of fused-ring (bicyclic) bond motifs is 1. The van der Waals surface area contributed by atoms with Crippen LogP contribution in [0.1, 0.15) is 87.2 Å². The summed E-state index contributed by atoms with van der Waals surface area (Å²) in [6.45, 7) is 18.7. The lowest BCUT2D eigenvalue weighted by Gasteiger charge is -2.41. The Balaban J connectivity index is 1.54. The first-order chi connectivity index (χ1) is 20.7. The molecule has 44 heavy (non-hydrogen) atoms. The summed E-state index contributed by atoms with van der Waals surface area (Å²) in [7, 11) is 1.63. The zero-order valence-corrected chi connectivity index (χ0v) is 27.7. The quantitative estimate of drug-likeness (QED) is 0.299. The molecule has 2 aliphatic heterocycles. The topological polar surface area (TPSA) is 88.0 Å². The maximum Gasteiger partial charge on any atom is 0.337 e.